The van der Waals surface area contributed by atoms with E-state index in [0.717, 1.165) is 49.3 Å². The first-order valence-electron chi connectivity index (χ1n) is 9.45. The van der Waals surface area contributed by atoms with E-state index in [9.17, 15) is 0 Å². The summed E-state index contributed by atoms with van der Waals surface area (Å²) in [5.74, 6) is 0.856. The third-order valence-electron chi connectivity index (χ3n) is 4.48. The summed E-state index contributed by atoms with van der Waals surface area (Å²) >= 11 is 1.65. The first-order chi connectivity index (χ1) is 13.0. The molecule has 0 aliphatic carbocycles. The monoisotopic (exact) mass is 518 g/mol. The third kappa shape index (κ3) is 6.23. The van der Waals surface area contributed by atoms with Crippen molar-refractivity contribution in [3.63, 3.8) is 0 Å². The molecule has 0 spiro atoms. The van der Waals surface area contributed by atoms with Gasteiger partial charge in [-0.25, -0.2) is 9.98 Å². The van der Waals surface area contributed by atoms with Crippen molar-refractivity contribution in [3.8, 4) is 0 Å². The van der Waals surface area contributed by atoms with Gasteiger partial charge in [-0.3, -0.25) is 4.68 Å². The molecule has 0 aromatic carbocycles. The number of halogens is 1. The Morgan fingerprint density at radius 2 is 2.25 bits per heavy atom. The molecule has 0 radical (unpaired) electrons. The Balaban J connectivity index is 0.00000280. The van der Waals surface area contributed by atoms with Gasteiger partial charge in [-0.2, -0.15) is 5.10 Å². The summed E-state index contributed by atoms with van der Waals surface area (Å²) in [4.78, 5) is 13.8. The van der Waals surface area contributed by atoms with E-state index in [1.165, 1.54) is 5.69 Å². The Morgan fingerprint density at radius 1 is 1.43 bits per heavy atom. The summed E-state index contributed by atoms with van der Waals surface area (Å²) in [6, 6.07) is 0.365. The molecule has 8 nitrogen and oxygen atoms in total. The Morgan fingerprint density at radius 3 is 2.89 bits per heavy atom. The molecular weight excluding hydrogens is 487 g/mol. The SMILES string of the molecule is CCNC(=NCc1csc(N(C)C)n1)NC1CCCN(c2cnn(C)c2)C1.I. The number of aromatic nitrogens is 3. The van der Waals surface area contributed by atoms with Gasteiger partial charge in [-0.15, -0.1) is 35.3 Å². The molecule has 1 atom stereocenters. The van der Waals surface area contributed by atoms with Crippen LogP contribution in [0.3, 0.4) is 0 Å². The van der Waals surface area contributed by atoms with Crippen LogP contribution in [-0.4, -0.2) is 60.5 Å². The van der Waals surface area contributed by atoms with E-state index in [1.54, 1.807) is 11.3 Å². The molecule has 0 saturated carbocycles. The topological polar surface area (TPSA) is 73.6 Å². The maximum absolute atomic E-state index is 4.74. The Hall–Kier alpha value is -1.56. The second kappa shape index (κ2) is 10.8. The lowest BCUT2D eigenvalue weighted by atomic mass is 10.1. The summed E-state index contributed by atoms with van der Waals surface area (Å²) in [6.45, 7) is 5.54. The quantitative estimate of drug-likeness (QED) is 0.348. The van der Waals surface area contributed by atoms with E-state index in [1.807, 2.05) is 36.9 Å². The van der Waals surface area contributed by atoms with E-state index < -0.39 is 0 Å². The zero-order valence-electron chi connectivity index (χ0n) is 17.1. The molecule has 1 aliphatic heterocycles. The second-order valence-corrected chi connectivity index (χ2v) is 7.85. The van der Waals surface area contributed by atoms with Crippen molar-refractivity contribution in [2.45, 2.75) is 32.4 Å². The fourth-order valence-electron chi connectivity index (χ4n) is 3.15. The molecule has 1 aliphatic rings. The van der Waals surface area contributed by atoms with Crippen LogP contribution in [0, 0.1) is 0 Å². The number of rotatable bonds is 6. The van der Waals surface area contributed by atoms with E-state index in [-0.39, 0.29) is 24.0 Å². The van der Waals surface area contributed by atoms with Gasteiger partial charge in [0.25, 0.3) is 0 Å². The fraction of sp³-hybridized carbons (Fsp3) is 0.611. The molecule has 1 fully saturated rings. The number of guanidine groups is 1. The lowest BCUT2D eigenvalue weighted by Crippen LogP contribution is -2.51. The fourth-order valence-corrected chi connectivity index (χ4v) is 3.90. The van der Waals surface area contributed by atoms with Gasteiger partial charge < -0.3 is 20.4 Å². The average Bonchev–Trinajstić information content (AvgIpc) is 3.29. The van der Waals surface area contributed by atoms with Gasteiger partial charge in [0.2, 0.25) is 0 Å². The maximum Gasteiger partial charge on any atom is 0.191 e. The Bertz CT molecular complexity index is 756. The van der Waals surface area contributed by atoms with Crippen molar-refractivity contribution in [1.82, 2.24) is 25.4 Å². The van der Waals surface area contributed by atoms with Crippen molar-refractivity contribution in [1.29, 1.82) is 0 Å². The number of aliphatic imine (C=N–C) groups is 1. The van der Waals surface area contributed by atoms with Crippen molar-refractivity contribution in [2.24, 2.45) is 12.0 Å². The van der Waals surface area contributed by atoms with E-state index in [0.29, 0.717) is 12.6 Å². The molecule has 0 bridgehead atoms. The molecule has 3 heterocycles. The van der Waals surface area contributed by atoms with Crippen LogP contribution in [0.15, 0.2) is 22.8 Å². The van der Waals surface area contributed by atoms with Gasteiger partial charge in [-0.1, -0.05) is 0 Å². The number of hydrogen-bond donors (Lipinski definition) is 2. The third-order valence-corrected chi connectivity index (χ3v) is 5.54. The highest BCUT2D eigenvalue weighted by Gasteiger charge is 2.21. The molecule has 28 heavy (non-hydrogen) atoms. The molecule has 2 N–H and O–H groups in total. The minimum absolute atomic E-state index is 0. The maximum atomic E-state index is 4.74. The van der Waals surface area contributed by atoms with Crippen LogP contribution in [0.5, 0.6) is 0 Å². The highest BCUT2D eigenvalue weighted by Crippen LogP contribution is 2.20. The number of aryl methyl sites for hydroxylation is 1. The van der Waals surface area contributed by atoms with E-state index in [2.05, 4.69) is 44.1 Å². The predicted octanol–water partition coefficient (Wildman–Crippen LogP) is 2.28. The van der Waals surface area contributed by atoms with Crippen LogP contribution in [0.4, 0.5) is 10.8 Å². The molecule has 10 heteroatoms. The van der Waals surface area contributed by atoms with Crippen molar-refractivity contribution in [3.05, 3.63) is 23.5 Å². The minimum atomic E-state index is 0. The van der Waals surface area contributed by atoms with Gasteiger partial charge in [0, 0.05) is 58.4 Å². The number of nitrogens with zero attached hydrogens (tertiary/aromatic N) is 6. The number of piperidine rings is 1. The predicted molar refractivity (Wildman–Crippen MR) is 128 cm³/mol. The minimum Gasteiger partial charge on any atom is -0.367 e. The molecule has 0 amide bonds. The molecule has 2 aromatic rings. The van der Waals surface area contributed by atoms with Crippen LogP contribution >= 0.6 is 35.3 Å². The van der Waals surface area contributed by atoms with Gasteiger partial charge in [0.1, 0.15) is 0 Å². The Labute approximate surface area is 188 Å². The summed E-state index contributed by atoms with van der Waals surface area (Å²) < 4.78 is 1.85. The van der Waals surface area contributed by atoms with E-state index >= 15 is 0 Å². The summed E-state index contributed by atoms with van der Waals surface area (Å²) in [5, 5.41) is 14.3. The average molecular weight is 518 g/mol. The van der Waals surface area contributed by atoms with Crippen molar-refractivity contribution >= 4 is 52.1 Å². The summed E-state index contributed by atoms with van der Waals surface area (Å²) in [7, 11) is 5.97. The summed E-state index contributed by atoms with van der Waals surface area (Å²) in [6.07, 6.45) is 6.31. The molecule has 1 saturated heterocycles. The zero-order chi connectivity index (χ0) is 19.2. The molecule has 156 valence electrons. The number of nitrogens with one attached hydrogen (secondary N) is 2. The van der Waals surface area contributed by atoms with E-state index in [4.69, 9.17) is 4.99 Å². The standard InChI is InChI=1S/C18H30N8S.HI/c1-5-19-17(20-9-15-13-27-18(23-15)24(2)3)22-14-7-6-8-26(11-14)16-10-21-25(4)12-16;/h10,12-14H,5-9,11H2,1-4H3,(H2,19,20,22);1H. The lowest BCUT2D eigenvalue weighted by molar-refractivity contribution is 0.468. The molecule has 1 unspecified atom stereocenters. The molecule has 2 aromatic heterocycles. The number of anilines is 2. The molecule has 3 rings (SSSR count). The normalized spacial score (nSPS) is 17.2. The van der Waals surface area contributed by atoms with Crippen LogP contribution in [0.1, 0.15) is 25.5 Å². The van der Waals surface area contributed by atoms with Crippen LogP contribution in [0.25, 0.3) is 0 Å². The largest absolute Gasteiger partial charge is 0.367 e. The van der Waals surface area contributed by atoms with Gasteiger partial charge in [0.05, 0.1) is 24.1 Å². The van der Waals surface area contributed by atoms with Gasteiger partial charge >= 0.3 is 0 Å². The van der Waals surface area contributed by atoms with Crippen LogP contribution < -0.4 is 20.4 Å². The molecular formula is C18H31IN8S. The van der Waals surface area contributed by atoms with Crippen LogP contribution in [0.2, 0.25) is 0 Å². The lowest BCUT2D eigenvalue weighted by Gasteiger charge is -2.34. The highest BCUT2D eigenvalue weighted by molar-refractivity contribution is 14.0. The van der Waals surface area contributed by atoms with Crippen molar-refractivity contribution < 1.29 is 0 Å². The highest BCUT2D eigenvalue weighted by atomic mass is 127. The van der Waals surface area contributed by atoms with Crippen molar-refractivity contribution in [2.75, 3.05) is 43.5 Å². The van der Waals surface area contributed by atoms with Gasteiger partial charge in [0.15, 0.2) is 11.1 Å². The number of thiazole rings is 1. The second-order valence-electron chi connectivity index (χ2n) is 7.01. The first-order valence-corrected chi connectivity index (χ1v) is 10.3. The van der Waals surface area contributed by atoms with Crippen LogP contribution in [-0.2, 0) is 13.6 Å². The first kappa shape index (κ1) is 22.7. The van der Waals surface area contributed by atoms with Gasteiger partial charge in [-0.05, 0) is 19.8 Å². The Kier molecular flexibility index (Phi) is 8.80. The number of hydrogen-bond acceptors (Lipinski definition) is 6. The zero-order valence-corrected chi connectivity index (χ0v) is 20.2. The summed E-state index contributed by atoms with van der Waals surface area (Å²) in [5.41, 5.74) is 2.19. The smallest absolute Gasteiger partial charge is 0.191 e.